The minimum Gasteiger partial charge on any atom is -0.349 e. The lowest BCUT2D eigenvalue weighted by atomic mass is 10.2. The summed E-state index contributed by atoms with van der Waals surface area (Å²) in [4.78, 5) is 11.6. The van der Waals surface area contributed by atoms with E-state index >= 15 is 0 Å². The minimum absolute atomic E-state index is 0.0350. The van der Waals surface area contributed by atoms with Gasteiger partial charge in [-0.15, -0.1) is 0 Å². The van der Waals surface area contributed by atoms with E-state index in [4.69, 9.17) is 22.3 Å². The zero-order valence-electron chi connectivity index (χ0n) is 11.2. The lowest BCUT2D eigenvalue weighted by Gasteiger charge is -2.08. The molecule has 0 heterocycles. The van der Waals surface area contributed by atoms with Gasteiger partial charge in [0, 0.05) is 16.7 Å². The second kappa shape index (κ2) is 6.10. The van der Waals surface area contributed by atoms with E-state index in [2.05, 4.69) is 12.2 Å². The number of benzene rings is 1. The van der Waals surface area contributed by atoms with Crippen LogP contribution in [0.4, 0.5) is 4.39 Å². The van der Waals surface area contributed by atoms with Crippen molar-refractivity contribution >= 4 is 37.2 Å². The summed E-state index contributed by atoms with van der Waals surface area (Å²) in [5, 5.41) is 2.31. The Balaban J connectivity index is 2.23. The van der Waals surface area contributed by atoms with Crippen LogP contribution in [0.25, 0.3) is 0 Å². The Morgan fingerprint density at radius 3 is 2.71 bits per heavy atom. The maximum atomic E-state index is 13.6. The molecule has 0 aliphatic heterocycles. The number of carbonyl (C=O) groups excluding carboxylic acids is 1. The third-order valence-electron chi connectivity index (χ3n) is 3.43. The quantitative estimate of drug-likeness (QED) is 0.825. The van der Waals surface area contributed by atoms with Crippen LogP contribution in [-0.2, 0) is 9.05 Å². The molecule has 1 N–H and O–H groups in total. The van der Waals surface area contributed by atoms with E-state index < -0.39 is 30.7 Å². The van der Waals surface area contributed by atoms with Gasteiger partial charge in [0.2, 0.25) is 0 Å². The van der Waals surface area contributed by atoms with Gasteiger partial charge in [-0.25, -0.2) is 12.8 Å². The minimum atomic E-state index is -4.14. The van der Waals surface area contributed by atoms with Gasteiger partial charge in [0.05, 0.1) is 15.5 Å². The molecule has 2 unspecified atom stereocenters. The normalized spacial score (nSPS) is 21.1. The molecule has 4 nitrogen and oxygen atoms in total. The van der Waals surface area contributed by atoms with Crippen molar-refractivity contribution < 1.29 is 17.6 Å². The summed E-state index contributed by atoms with van der Waals surface area (Å²) >= 11 is 5.74. The highest BCUT2D eigenvalue weighted by atomic mass is 35.7. The van der Waals surface area contributed by atoms with Gasteiger partial charge in [-0.3, -0.25) is 4.79 Å². The molecular weight excluding hydrogens is 340 g/mol. The second-order valence-corrected chi connectivity index (χ2v) is 8.01. The molecule has 0 saturated heterocycles. The van der Waals surface area contributed by atoms with E-state index in [1.54, 1.807) is 0 Å². The summed E-state index contributed by atoms with van der Waals surface area (Å²) in [5.74, 6) is -1.17. The molecule has 1 aromatic rings. The first-order valence-corrected chi connectivity index (χ1v) is 9.17. The fourth-order valence-electron chi connectivity index (χ4n) is 2.23. The summed E-state index contributed by atoms with van der Waals surface area (Å²) in [7, 11) is 1.04. The number of halogens is 3. The number of carbonyl (C=O) groups is 1. The van der Waals surface area contributed by atoms with E-state index in [9.17, 15) is 17.6 Å². The Kier molecular flexibility index (Phi) is 4.80. The highest BCUT2D eigenvalue weighted by molar-refractivity contribution is 8.13. The molecule has 1 saturated carbocycles. The first kappa shape index (κ1) is 16.5. The molecule has 0 radical (unpaired) electrons. The molecule has 1 amide bonds. The van der Waals surface area contributed by atoms with Crippen LogP contribution in [0.3, 0.4) is 0 Å². The second-order valence-electron chi connectivity index (χ2n) is 5.07. The fourth-order valence-corrected chi connectivity index (χ4v) is 3.20. The van der Waals surface area contributed by atoms with Gasteiger partial charge in [-0.05, 0) is 30.9 Å². The van der Waals surface area contributed by atoms with E-state index in [0.717, 1.165) is 25.3 Å². The van der Waals surface area contributed by atoms with Crippen LogP contribution >= 0.6 is 22.3 Å². The molecule has 21 heavy (non-hydrogen) atoms. The number of hydrogen-bond acceptors (Lipinski definition) is 3. The Labute approximate surface area is 132 Å². The SMILES string of the molecule is CCCC1CC1NC(=O)c1cc(S(=O)(=O)Cl)cc(F)c1Cl. The maximum absolute atomic E-state index is 13.6. The molecule has 116 valence electrons. The molecule has 1 aliphatic carbocycles. The van der Waals surface area contributed by atoms with Gasteiger partial charge in [-0.2, -0.15) is 0 Å². The molecule has 8 heteroatoms. The first-order chi connectivity index (χ1) is 9.74. The summed E-state index contributed by atoms with van der Waals surface area (Å²) in [6.07, 6.45) is 2.89. The van der Waals surface area contributed by atoms with Gasteiger partial charge >= 0.3 is 0 Å². The molecular formula is C13H14Cl2FNO3S. The number of nitrogens with one attached hydrogen (secondary N) is 1. The van der Waals surface area contributed by atoms with Crippen molar-refractivity contribution in [1.82, 2.24) is 5.32 Å². The van der Waals surface area contributed by atoms with E-state index in [-0.39, 0.29) is 11.6 Å². The number of amides is 1. The van der Waals surface area contributed by atoms with Gasteiger partial charge in [0.25, 0.3) is 15.0 Å². The van der Waals surface area contributed by atoms with Crippen molar-refractivity contribution in [2.45, 2.75) is 37.1 Å². The van der Waals surface area contributed by atoms with Gasteiger partial charge < -0.3 is 5.32 Å². The molecule has 1 fully saturated rings. The third kappa shape index (κ3) is 3.87. The van der Waals surface area contributed by atoms with E-state index in [1.165, 1.54) is 0 Å². The van der Waals surface area contributed by atoms with Crippen molar-refractivity contribution in [2.75, 3.05) is 0 Å². The Bertz CT molecular complexity index is 678. The van der Waals surface area contributed by atoms with Crippen molar-refractivity contribution in [3.8, 4) is 0 Å². The van der Waals surface area contributed by atoms with E-state index in [1.807, 2.05) is 0 Å². The topological polar surface area (TPSA) is 63.2 Å². The highest BCUT2D eigenvalue weighted by Crippen LogP contribution is 2.35. The van der Waals surface area contributed by atoms with Crippen LogP contribution in [0.2, 0.25) is 5.02 Å². The van der Waals surface area contributed by atoms with Crippen molar-refractivity contribution in [1.29, 1.82) is 0 Å². The van der Waals surface area contributed by atoms with Crippen LogP contribution < -0.4 is 5.32 Å². The first-order valence-electron chi connectivity index (χ1n) is 6.48. The van der Waals surface area contributed by atoms with Gasteiger partial charge in [0.1, 0.15) is 5.82 Å². The van der Waals surface area contributed by atoms with Gasteiger partial charge in [-0.1, -0.05) is 24.9 Å². The Morgan fingerprint density at radius 1 is 1.48 bits per heavy atom. The maximum Gasteiger partial charge on any atom is 0.261 e. The Morgan fingerprint density at radius 2 is 2.14 bits per heavy atom. The zero-order chi connectivity index (χ0) is 15.8. The number of rotatable bonds is 5. The van der Waals surface area contributed by atoms with Gasteiger partial charge in [0.15, 0.2) is 0 Å². The zero-order valence-corrected chi connectivity index (χ0v) is 13.5. The summed E-state index contributed by atoms with van der Waals surface area (Å²) in [6, 6.07) is 1.71. The molecule has 1 aromatic carbocycles. The lowest BCUT2D eigenvalue weighted by Crippen LogP contribution is -2.27. The highest BCUT2D eigenvalue weighted by Gasteiger charge is 2.37. The average Bonchev–Trinajstić information content (AvgIpc) is 3.09. The van der Waals surface area contributed by atoms with Crippen LogP contribution in [0.5, 0.6) is 0 Å². The van der Waals surface area contributed by atoms with Crippen LogP contribution in [0, 0.1) is 11.7 Å². The predicted octanol–water partition coefficient (Wildman–Crippen LogP) is 3.33. The fraction of sp³-hybridized carbons (Fsp3) is 0.462. The molecule has 0 spiro atoms. The molecule has 0 aromatic heterocycles. The Hall–Kier alpha value is -0.850. The average molecular weight is 354 g/mol. The molecule has 0 bridgehead atoms. The summed E-state index contributed by atoms with van der Waals surface area (Å²) in [6.45, 7) is 2.05. The van der Waals surface area contributed by atoms with Crippen LogP contribution in [0.1, 0.15) is 36.5 Å². The monoisotopic (exact) mass is 353 g/mol. The van der Waals surface area contributed by atoms with E-state index in [0.29, 0.717) is 12.0 Å². The summed E-state index contributed by atoms with van der Waals surface area (Å²) in [5.41, 5.74) is -0.224. The molecule has 2 atom stereocenters. The smallest absolute Gasteiger partial charge is 0.261 e. The summed E-state index contributed by atoms with van der Waals surface area (Å²) < 4.78 is 36.2. The molecule has 1 aliphatic rings. The number of hydrogen-bond donors (Lipinski definition) is 1. The third-order valence-corrected chi connectivity index (χ3v) is 5.14. The standard InChI is InChI=1S/C13H14Cl2FNO3S/c1-2-3-7-4-11(7)17-13(18)9-5-8(21(15,19)20)6-10(16)12(9)14/h5-7,11H,2-4H2,1H3,(H,17,18). The lowest BCUT2D eigenvalue weighted by molar-refractivity contribution is 0.0948. The predicted molar refractivity (Wildman–Crippen MR) is 78.7 cm³/mol. The molecule has 2 rings (SSSR count). The van der Waals surface area contributed by atoms with Crippen molar-refractivity contribution in [3.63, 3.8) is 0 Å². The van der Waals surface area contributed by atoms with Crippen LogP contribution in [-0.4, -0.2) is 20.4 Å². The largest absolute Gasteiger partial charge is 0.349 e. The van der Waals surface area contributed by atoms with Crippen molar-refractivity contribution in [2.24, 2.45) is 5.92 Å². The van der Waals surface area contributed by atoms with Crippen molar-refractivity contribution in [3.05, 3.63) is 28.5 Å². The van der Waals surface area contributed by atoms with Crippen LogP contribution in [0.15, 0.2) is 17.0 Å².